The van der Waals surface area contributed by atoms with Crippen LogP contribution in [0, 0.1) is 11.7 Å². The van der Waals surface area contributed by atoms with Gasteiger partial charge in [0.2, 0.25) is 5.91 Å². The van der Waals surface area contributed by atoms with E-state index < -0.39 is 0 Å². The van der Waals surface area contributed by atoms with E-state index >= 15 is 4.39 Å². The van der Waals surface area contributed by atoms with E-state index in [0.717, 1.165) is 22.6 Å². The maximum atomic E-state index is 15.2. The summed E-state index contributed by atoms with van der Waals surface area (Å²) in [6.45, 7) is 8.49. The van der Waals surface area contributed by atoms with Crippen LogP contribution in [0.15, 0.2) is 78.9 Å². The number of likely N-dealkylation sites (N-methyl/N-ethyl adjacent to an activating group) is 1. The van der Waals surface area contributed by atoms with E-state index in [9.17, 15) is 4.79 Å². The standard InChI is InChI=1S/C36H44FNO2/c1-5-6-7-8-27-9-11-28(12-10-27)29-13-15-30(16-14-29)32-19-22-34(35(37)25-32)31-17-20-33(21-18-31)40-24-23-38(4)36(39)26(2)3/h13-22,25,27-28H,2,5-12,23-24H2,1,3-4H3. The van der Waals surface area contributed by atoms with Crippen LogP contribution in [0.2, 0.25) is 0 Å². The lowest BCUT2D eigenvalue weighted by molar-refractivity contribution is -0.126. The number of hydrogen-bond donors (Lipinski definition) is 0. The van der Waals surface area contributed by atoms with Crippen molar-refractivity contribution in [2.45, 2.75) is 71.1 Å². The van der Waals surface area contributed by atoms with Crippen LogP contribution < -0.4 is 4.74 Å². The normalized spacial score (nSPS) is 16.9. The van der Waals surface area contributed by atoms with Gasteiger partial charge in [-0.05, 0) is 84.9 Å². The highest BCUT2D eigenvalue weighted by molar-refractivity contribution is 5.91. The van der Waals surface area contributed by atoms with Gasteiger partial charge in [-0.2, -0.15) is 0 Å². The minimum atomic E-state index is -0.239. The summed E-state index contributed by atoms with van der Waals surface area (Å²) in [4.78, 5) is 13.5. The number of ether oxygens (including phenoxy) is 1. The van der Waals surface area contributed by atoms with Gasteiger partial charge in [0.1, 0.15) is 18.2 Å². The first-order valence-corrected chi connectivity index (χ1v) is 14.9. The molecule has 3 nitrogen and oxygen atoms in total. The second-order valence-corrected chi connectivity index (χ2v) is 11.4. The molecule has 3 aromatic carbocycles. The van der Waals surface area contributed by atoms with Crippen molar-refractivity contribution in [2.75, 3.05) is 20.2 Å². The Morgan fingerprint density at radius 1 is 0.925 bits per heavy atom. The Bertz CT molecular complexity index is 1260. The summed E-state index contributed by atoms with van der Waals surface area (Å²) in [6.07, 6.45) is 10.7. The fraction of sp³-hybridized carbons (Fsp3) is 0.417. The molecule has 3 aromatic rings. The average molecular weight is 542 g/mol. The van der Waals surface area contributed by atoms with Gasteiger partial charge in [-0.3, -0.25) is 4.79 Å². The van der Waals surface area contributed by atoms with Crippen LogP contribution in [-0.4, -0.2) is 31.0 Å². The minimum absolute atomic E-state index is 0.0933. The fourth-order valence-corrected chi connectivity index (χ4v) is 5.80. The summed E-state index contributed by atoms with van der Waals surface area (Å²) in [6, 6.07) is 21.6. The van der Waals surface area contributed by atoms with Crippen LogP contribution >= 0.6 is 0 Å². The van der Waals surface area contributed by atoms with E-state index in [1.54, 1.807) is 24.9 Å². The van der Waals surface area contributed by atoms with Crippen molar-refractivity contribution in [3.8, 4) is 28.0 Å². The Balaban J connectivity index is 1.32. The monoisotopic (exact) mass is 541 g/mol. The number of carbonyl (C=O) groups is 1. The maximum absolute atomic E-state index is 15.2. The summed E-state index contributed by atoms with van der Waals surface area (Å²) in [5, 5.41) is 0. The Morgan fingerprint density at radius 2 is 1.57 bits per heavy atom. The third-order valence-corrected chi connectivity index (χ3v) is 8.32. The zero-order valence-electron chi connectivity index (χ0n) is 24.4. The molecule has 0 atom stereocenters. The van der Waals surface area contributed by atoms with Crippen LogP contribution in [0.3, 0.4) is 0 Å². The summed E-state index contributed by atoms with van der Waals surface area (Å²) < 4.78 is 21.0. The van der Waals surface area contributed by atoms with Gasteiger partial charge in [0, 0.05) is 18.2 Å². The second kappa shape index (κ2) is 14.3. The van der Waals surface area contributed by atoms with E-state index in [4.69, 9.17) is 4.74 Å². The highest BCUT2D eigenvalue weighted by Crippen LogP contribution is 2.38. The first-order valence-electron chi connectivity index (χ1n) is 14.9. The van der Waals surface area contributed by atoms with Crippen LogP contribution in [-0.2, 0) is 4.79 Å². The van der Waals surface area contributed by atoms with Crippen LogP contribution in [0.1, 0.15) is 76.7 Å². The molecule has 40 heavy (non-hydrogen) atoms. The Hall–Kier alpha value is -3.40. The third-order valence-electron chi connectivity index (χ3n) is 8.32. The van der Waals surface area contributed by atoms with Gasteiger partial charge < -0.3 is 9.64 Å². The van der Waals surface area contributed by atoms with Gasteiger partial charge >= 0.3 is 0 Å². The number of carbonyl (C=O) groups excluding carboxylic acids is 1. The van der Waals surface area contributed by atoms with E-state index in [1.807, 2.05) is 36.4 Å². The Labute approximate surface area is 240 Å². The zero-order valence-corrected chi connectivity index (χ0v) is 24.4. The largest absolute Gasteiger partial charge is 0.492 e. The predicted molar refractivity (Wildman–Crippen MR) is 164 cm³/mol. The molecule has 0 radical (unpaired) electrons. The molecular formula is C36H44FNO2. The molecular weight excluding hydrogens is 497 g/mol. The molecule has 0 aliphatic heterocycles. The number of rotatable bonds is 12. The summed E-state index contributed by atoms with van der Waals surface area (Å²) >= 11 is 0. The van der Waals surface area contributed by atoms with Gasteiger partial charge in [-0.15, -0.1) is 0 Å². The van der Waals surface area contributed by atoms with Gasteiger partial charge in [0.15, 0.2) is 0 Å². The average Bonchev–Trinajstić information content (AvgIpc) is 2.97. The lowest BCUT2D eigenvalue weighted by Gasteiger charge is -2.29. The Morgan fingerprint density at radius 3 is 2.20 bits per heavy atom. The third kappa shape index (κ3) is 7.84. The van der Waals surface area contributed by atoms with Crippen molar-refractivity contribution < 1.29 is 13.9 Å². The molecule has 4 heteroatoms. The van der Waals surface area contributed by atoms with Crippen LogP contribution in [0.4, 0.5) is 4.39 Å². The molecule has 0 bridgehead atoms. The lowest BCUT2D eigenvalue weighted by Crippen LogP contribution is -2.31. The molecule has 4 rings (SSSR count). The smallest absolute Gasteiger partial charge is 0.248 e. The minimum Gasteiger partial charge on any atom is -0.492 e. The maximum Gasteiger partial charge on any atom is 0.248 e. The number of hydrogen-bond acceptors (Lipinski definition) is 2. The van der Waals surface area contributed by atoms with Gasteiger partial charge in [0.05, 0.1) is 6.54 Å². The second-order valence-electron chi connectivity index (χ2n) is 11.4. The quantitative estimate of drug-likeness (QED) is 0.169. The number of unbranched alkanes of at least 4 members (excludes halogenated alkanes) is 2. The van der Waals surface area contributed by atoms with E-state index in [1.165, 1.54) is 56.9 Å². The SMILES string of the molecule is C=C(C)C(=O)N(C)CCOc1ccc(-c2ccc(-c3ccc(C4CCC(CCCCC)CC4)cc3)cc2F)cc1. The van der Waals surface area contributed by atoms with Crippen molar-refractivity contribution in [1.29, 1.82) is 0 Å². The van der Waals surface area contributed by atoms with Crippen molar-refractivity contribution in [2.24, 2.45) is 5.92 Å². The highest BCUT2D eigenvalue weighted by atomic mass is 19.1. The molecule has 0 saturated heterocycles. The van der Waals surface area contributed by atoms with Gasteiger partial charge in [-0.1, -0.05) is 87.7 Å². The molecule has 212 valence electrons. The first-order chi connectivity index (χ1) is 19.4. The first kappa shape index (κ1) is 29.6. The van der Waals surface area contributed by atoms with E-state index in [-0.39, 0.29) is 11.7 Å². The predicted octanol–water partition coefficient (Wildman–Crippen LogP) is 9.43. The lowest BCUT2D eigenvalue weighted by atomic mass is 9.77. The molecule has 1 amide bonds. The van der Waals surface area contributed by atoms with Crippen molar-refractivity contribution in [3.05, 3.63) is 90.3 Å². The van der Waals surface area contributed by atoms with Crippen LogP contribution in [0.25, 0.3) is 22.3 Å². The van der Waals surface area contributed by atoms with Crippen molar-refractivity contribution in [1.82, 2.24) is 4.90 Å². The molecule has 0 unspecified atom stereocenters. The summed E-state index contributed by atoms with van der Waals surface area (Å²) in [7, 11) is 1.73. The molecule has 0 aromatic heterocycles. The number of halogens is 1. The molecule has 1 aliphatic rings. The van der Waals surface area contributed by atoms with Crippen LogP contribution in [0.5, 0.6) is 5.75 Å². The van der Waals surface area contributed by atoms with Crippen molar-refractivity contribution in [3.63, 3.8) is 0 Å². The summed E-state index contributed by atoms with van der Waals surface area (Å²) in [5.41, 5.74) is 5.22. The number of nitrogens with zero attached hydrogens (tertiary/aromatic N) is 1. The highest BCUT2D eigenvalue weighted by Gasteiger charge is 2.22. The fourth-order valence-electron chi connectivity index (χ4n) is 5.80. The van der Waals surface area contributed by atoms with Gasteiger partial charge in [0.25, 0.3) is 0 Å². The molecule has 1 aliphatic carbocycles. The van der Waals surface area contributed by atoms with E-state index in [2.05, 4.69) is 37.8 Å². The number of benzene rings is 3. The van der Waals surface area contributed by atoms with E-state index in [0.29, 0.717) is 36.0 Å². The topological polar surface area (TPSA) is 29.5 Å². The zero-order chi connectivity index (χ0) is 28.5. The van der Waals surface area contributed by atoms with Gasteiger partial charge in [-0.25, -0.2) is 4.39 Å². The molecule has 0 spiro atoms. The Kier molecular flexibility index (Phi) is 10.6. The molecule has 1 fully saturated rings. The summed E-state index contributed by atoms with van der Waals surface area (Å²) in [5.74, 6) is 1.92. The van der Waals surface area contributed by atoms with Crippen molar-refractivity contribution >= 4 is 5.91 Å². The molecule has 1 saturated carbocycles. The molecule has 0 N–H and O–H groups in total. The molecule has 0 heterocycles. The number of amides is 1.